The molecule has 0 saturated heterocycles. The van der Waals surface area contributed by atoms with Gasteiger partial charge in [0.2, 0.25) is 0 Å². The van der Waals surface area contributed by atoms with Crippen molar-refractivity contribution in [2.24, 2.45) is 0 Å². The van der Waals surface area contributed by atoms with Crippen LogP contribution in [0.3, 0.4) is 0 Å². The van der Waals surface area contributed by atoms with Crippen molar-refractivity contribution in [3.8, 4) is 5.75 Å². The molecule has 3 rings (SSSR count). The van der Waals surface area contributed by atoms with E-state index < -0.39 is 7.04 Å². The number of hydrogen-bond donors (Lipinski definition) is 1. The fraction of sp³-hybridized carbons (Fsp3) is 0.250. The molecule has 0 aliphatic heterocycles. The number of aryl methyl sites for hydroxylation is 2. The number of rotatable bonds is 4. The van der Waals surface area contributed by atoms with Gasteiger partial charge in [-0.1, -0.05) is 17.8 Å². The first-order valence-corrected chi connectivity index (χ1v) is 7.52. The van der Waals surface area contributed by atoms with Gasteiger partial charge in [-0.25, -0.2) is 4.98 Å². The quantitative estimate of drug-likeness (QED) is 0.743. The van der Waals surface area contributed by atoms with Crippen molar-refractivity contribution in [3.63, 3.8) is 0 Å². The zero-order valence-corrected chi connectivity index (χ0v) is 12.6. The Hall–Kier alpha value is -2.01. The summed E-state index contributed by atoms with van der Waals surface area (Å²) < 4.78 is 26.4. The number of ether oxygens (including phenoxy) is 1. The minimum absolute atomic E-state index is 0.291. The number of nitrogens with zero attached hydrogens (tertiary/aromatic N) is 2. The standard InChI is InChI=1S/C16H17N3OS/c1-10-6-11(2)15(17-8-10)9-21-16-18-13-5-4-12(20-3)7-14(13)19-16/h4-8H,9H2,1-3H3,(H,18,19)/i3D3. The number of nitrogens with one attached hydrogen (secondary N) is 1. The molecule has 0 saturated carbocycles. The van der Waals surface area contributed by atoms with Crippen LogP contribution in [0.25, 0.3) is 11.0 Å². The van der Waals surface area contributed by atoms with Gasteiger partial charge in [0.25, 0.3) is 0 Å². The van der Waals surface area contributed by atoms with Gasteiger partial charge in [-0.05, 0) is 37.1 Å². The van der Waals surface area contributed by atoms with Gasteiger partial charge in [0.05, 0.1) is 27.9 Å². The maximum Gasteiger partial charge on any atom is 0.166 e. The Morgan fingerprint density at radius 3 is 3.05 bits per heavy atom. The summed E-state index contributed by atoms with van der Waals surface area (Å²) in [5.74, 6) is 1.00. The van der Waals surface area contributed by atoms with E-state index in [1.165, 1.54) is 0 Å². The topological polar surface area (TPSA) is 50.8 Å². The van der Waals surface area contributed by atoms with Crippen LogP contribution in [0.15, 0.2) is 35.6 Å². The molecule has 0 radical (unpaired) electrons. The Morgan fingerprint density at radius 1 is 1.33 bits per heavy atom. The van der Waals surface area contributed by atoms with E-state index in [0.29, 0.717) is 11.5 Å². The van der Waals surface area contributed by atoms with E-state index in [1.54, 1.807) is 30.0 Å². The average molecular weight is 302 g/mol. The van der Waals surface area contributed by atoms with Crippen LogP contribution in [-0.4, -0.2) is 22.0 Å². The number of H-pyrrole nitrogens is 1. The fourth-order valence-electron chi connectivity index (χ4n) is 2.13. The van der Waals surface area contributed by atoms with E-state index in [-0.39, 0.29) is 0 Å². The molecule has 2 aromatic heterocycles. The molecule has 0 aliphatic rings. The van der Waals surface area contributed by atoms with Crippen LogP contribution in [0.5, 0.6) is 5.75 Å². The van der Waals surface area contributed by atoms with Crippen LogP contribution < -0.4 is 4.74 Å². The first-order valence-electron chi connectivity index (χ1n) is 8.04. The summed E-state index contributed by atoms with van der Waals surface area (Å²) in [5, 5.41) is 0.762. The maximum atomic E-state index is 7.15. The molecule has 21 heavy (non-hydrogen) atoms. The largest absolute Gasteiger partial charge is 0.497 e. The molecule has 0 atom stereocenters. The first-order chi connectivity index (χ1) is 11.3. The van der Waals surface area contributed by atoms with Crippen molar-refractivity contribution >= 4 is 22.8 Å². The molecule has 2 heterocycles. The van der Waals surface area contributed by atoms with Crippen molar-refractivity contribution < 1.29 is 8.85 Å². The third kappa shape index (κ3) is 3.03. The van der Waals surface area contributed by atoms with Crippen molar-refractivity contribution in [2.45, 2.75) is 24.8 Å². The summed E-state index contributed by atoms with van der Waals surface area (Å²) in [6.45, 7) is 4.07. The van der Waals surface area contributed by atoms with Gasteiger partial charge < -0.3 is 9.72 Å². The third-order valence-corrected chi connectivity index (χ3v) is 4.10. The summed E-state index contributed by atoms with van der Waals surface area (Å²) in [4.78, 5) is 12.1. The summed E-state index contributed by atoms with van der Waals surface area (Å²) in [6, 6.07) is 7.11. The lowest BCUT2D eigenvalue weighted by molar-refractivity contribution is 0.415. The highest BCUT2D eigenvalue weighted by molar-refractivity contribution is 7.98. The normalized spacial score (nSPS) is 13.7. The van der Waals surface area contributed by atoms with Gasteiger partial charge in [-0.3, -0.25) is 4.98 Å². The van der Waals surface area contributed by atoms with E-state index in [9.17, 15) is 0 Å². The molecule has 108 valence electrons. The third-order valence-electron chi connectivity index (χ3n) is 3.22. The van der Waals surface area contributed by atoms with Gasteiger partial charge >= 0.3 is 0 Å². The van der Waals surface area contributed by atoms with Crippen LogP contribution in [-0.2, 0) is 5.75 Å². The van der Waals surface area contributed by atoms with E-state index in [1.807, 2.05) is 20.0 Å². The summed E-state index contributed by atoms with van der Waals surface area (Å²) >= 11 is 1.56. The van der Waals surface area contributed by atoms with Gasteiger partial charge in [0.15, 0.2) is 5.16 Å². The highest BCUT2D eigenvalue weighted by Gasteiger charge is 2.07. The van der Waals surface area contributed by atoms with Crippen LogP contribution >= 0.6 is 11.8 Å². The molecule has 0 spiro atoms. The highest BCUT2D eigenvalue weighted by Crippen LogP contribution is 2.25. The minimum atomic E-state index is -2.46. The predicted octanol–water partition coefficient (Wildman–Crippen LogP) is 3.88. The highest BCUT2D eigenvalue weighted by atomic mass is 32.2. The summed E-state index contributed by atoms with van der Waals surface area (Å²) in [7, 11) is -2.46. The number of methoxy groups -OCH3 is 1. The van der Waals surface area contributed by atoms with Gasteiger partial charge in [-0.15, -0.1) is 0 Å². The number of aromatic amines is 1. The molecule has 0 fully saturated rings. The lowest BCUT2D eigenvalue weighted by atomic mass is 10.2. The van der Waals surface area contributed by atoms with Gasteiger partial charge in [0.1, 0.15) is 5.75 Å². The van der Waals surface area contributed by atoms with Gasteiger partial charge in [0, 0.05) is 18.0 Å². The SMILES string of the molecule is [2H]C([2H])([2H])Oc1ccc2nc(SCc3ncc(C)cc3C)[nH]c2c1. The molecule has 3 aromatic rings. The molecule has 1 N–H and O–H groups in total. The second-order valence-corrected chi connectivity index (χ2v) is 5.85. The predicted molar refractivity (Wildman–Crippen MR) is 85.9 cm³/mol. The summed E-state index contributed by atoms with van der Waals surface area (Å²) in [5.41, 5.74) is 4.84. The number of thioether (sulfide) groups is 1. The Bertz CT molecular complexity index is 877. The molecule has 1 aromatic carbocycles. The molecular weight excluding hydrogens is 282 g/mol. The molecule has 4 nitrogen and oxygen atoms in total. The number of pyridine rings is 1. The summed E-state index contributed by atoms with van der Waals surface area (Å²) in [6.07, 6.45) is 1.86. The molecular formula is C16H17N3OS. The lowest BCUT2D eigenvalue weighted by Crippen LogP contribution is -1.92. The van der Waals surface area contributed by atoms with Crippen molar-refractivity contribution in [1.29, 1.82) is 0 Å². The van der Waals surface area contributed by atoms with E-state index in [2.05, 4.69) is 21.0 Å². The van der Waals surface area contributed by atoms with E-state index in [0.717, 1.165) is 33.0 Å². The van der Waals surface area contributed by atoms with Crippen LogP contribution in [0, 0.1) is 13.8 Å². The Kier molecular flexibility index (Phi) is 2.94. The second-order valence-electron chi connectivity index (χ2n) is 4.89. The zero-order valence-electron chi connectivity index (χ0n) is 14.8. The zero-order chi connectivity index (χ0) is 17.3. The molecule has 0 amide bonds. The second kappa shape index (κ2) is 5.77. The van der Waals surface area contributed by atoms with Crippen molar-refractivity contribution in [2.75, 3.05) is 7.04 Å². The first kappa shape index (κ1) is 10.7. The lowest BCUT2D eigenvalue weighted by Gasteiger charge is -2.03. The van der Waals surface area contributed by atoms with Crippen molar-refractivity contribution in [3.05, 3.63) is 47.3 Å². The van der Waals surface area contributed by atoms with Crippen LogP contribution in [0.4, 0.5) is 0 Å². The van der Waals surface area contributed by atoms with Crippen LogP contribution in [0.1, 0.15) is 20.9 Å². The monoisotopic (exact) mass is 302 g/mol. The molecule has 0 aliphatic carbocycles. The number of aromatic nitrogens is 3. The van der Waals surface area contributed by atoms with Crippen molar-refractivity contribution in [1.82, 2.24) is 15.0 Å². The van der Waals surface area contributed by atoms with Gasteiger partial charge in [-0.2, -0.15) is 0 Å². The Labute approximate surface area is 132 Å². The molecule has 0 unspecified atom stereocenters. The molecule has 5 heteroatoms. The molecule has 0 bridgehead atoms. The Balaban J connectivity index is 1.75. The number of benzene rings is 1. The smallest absolute Gasteiger partial charge is 0.166 e. The number of fused-ring (bicyclic) bond motifs is 1. The minimum Gasteiger partial charge on any atom is -0.497 e. The van der Waals surface area contributed by atoms with E-state index in [4.69, 9.17) is 8.85 Å². The van der Waals surface area contributed by atoms with Crippen LogP contribution in [0.2, 0.25) is 0 Å². The van der Waals surface area contributed by atoms with E-state index >= 15 is 0 Å². The average Bonchev–Trinajstić information content (AvgIpc) is 2.86. The maximum absolute atomic E-state index is 7.15. The number of imidazole rings is 1. The number of hydrogen-bond acceptors (Lipinski definition) is 4. The Morgan fingerprint density at radius 2 is 2.24 bits per heavy atom. The fourth-order valence-corrected chi connectivity index (χ4v) is 3.05.